The number of aromatic nitrogens is 1. The van der Waals surface area contributed by atoms with Crippen molar-refractivity contribution in [1.82, 2.24) is 10.3 Å². The number of halogens is 2. The summed E-state index contributed by atoms with van der Waals surface area (Å²) in [6.07, 6.45) is 1.93. The largest absolute Gasteiger partial charge is 0.467 e. The molecule has 1 saturated heterocycles. The predicted molar refractivity (Wildman–Crippen MR) is 66.1 cm³/mol. The Kier molecular flexibility index (Phi) is 3.13. The lowest BCUT2D eigenvalue weighted by molar-refractivity contribution is 0.162. The maximum atomic E-state index is 13.5. The number of piperidine rings is 1. The molecule has 0 atom stereocenters. The molecule has 0 bridgehead atoms. The SMILES string of the molecule is Fc1cc(F)c2nc(OC3CCNCC3)sc2c1. The second kappa shape index (κ2) is 4.78. The lowest BCUT2D eigenvalue weighted by Gasteiger charge is -2.22. The minimum Gasteiger partial charge on any atom is -0.467 e. The van der Waals surface area contributed by atoms with Gasteiger partial charge >= 0.3 is 0 Å². The highest BCUT2D eigenvalue weighted by Crippen LogP contribution is 2.31. The highest BCUT2D eigenvalue weighted by Gasteiger charge is 2.17. The fourth-order valence-corrected chi connectivity index (χ4v) is 2.96. The Morgan fingerprint density at radius 1 is 1.28 bits per heavy atom. The van der Waals surface area contributed by atoms with Crippen LogP contribution in [0.1, 0.15) is 12.8 Å². The molecule has 0 spiro atoms. The van der Waals surface area contributed by atoms with Crippen LogP contribution in [0.5, 0.6) is 5.19 Å². The average Bonchev–Trinajstić information content (AvgIpc) is 2.73. The fourth-order valence-electron chi connectivity index (χ4n) is 2.04. The molecule has 96 valence electrons. The maximum absolute atomic E-state index is 13.5. The zero-order chi connectivity index (χ0) is 12.5. The molecule has 6 heteroatoms. The van der Waals surface area contributed by atoms with E-state index >= 15 is 0 Å². The monoisotopic (exact) mass is 270 g/mol. The Bertz CT molecular complexity index is 566. The summed E-state index contributed by atoms with van der Waals surface area (Å²) in [5.41, 5.74) is 0.185. The van der Waals surface area contributed by atoms with E-state index in [1.54, 1.807) is 0 Å². The van der Waals surface area contributed by atoms with E-state index in [4.69, 9.17) is 4.74 Å². The quantitative estimate of drug-likeness (QED) is 0.911. The van der Waals surface area contributed by atoms with Crippen LogP contribution < -0.4 is 10.1 Å². The zero-order valence-electron chi connectivity index (χ0n) is 9.58. The number of fused-ring (bicyclic) bond motifs is 1. The summed E-state index contributed by atoms with van der Waals surface area (Å²) in [7, 11) is 0. The van der Waals surface area contributed by atoms with Crippen LogP contribution in [0.15, 0.2) is 12.1 Å². The number of ether oxygens (including phenoxy) is 1. The molecule has 3 nitrogen and oxygen atoms in total. The van der Waals surface area contributed by atoms with Gasteiger partial charge < -0.3 is 10.1 Å². The number of benzene rings is 1. The number of rotatable bonds is 2. The molecule has 0 amide bonds. The topological polar surface area (TPSA) is 34.1 Å². The summed E-state index contributed by atoms with van der Waals surface area (Å²) in [6.45, 7) is 1.83. The van der Waals surface area contributed by atoms with Crippen molar-refractivity contribution in [2.75, 3.05) is 13.1 Å². The summed E-state index contributed by atoms with van der Waals surface area (Å²) < 4.78 is 32.7. The van der Waals surface area contributed by atoms with Crippen molar-refractivity contribution >= 4 is 21.6 Å². The van der Waals surface area contributed by atoms with Crippen LogP contribution in [0.4, 0.5) is 8.78 Å². The molecule has 1 N–H and O–H groups in total. The number of hydrogen-bond acceptors (Lipinski definition) is 4. The van der Waals surface area contributed by atoms with E-state index in [1.807, 2.05) is 0 Å². The Balaban J connectivity index is 1.86. The summed E-state index contributed by atoms with van der Waals surface area (Å²) in [5.74, 6) is -1.22. The Morgan fingerprint density at radius 2 is 2.06 bits per heavy atom. The predicted octanol–water partition coefficient (Wildman–Crippen LogP) is 2.71. The lowest BCUT2D eigenvalue weighted by atomic mass is 10.1. The molecule has 1 aromatic carbocycles. The molecular weight excluding hydrogens is 258 g/mol. The minimum absolute atomic E-state index is 0.111. The Hall–Kier alpha value is -1.27. The van der Waals surface area contributed by atoms with Crippen LogP contribution in [-0.2, 0) is 0 Å². The molecule has 2 aromatic rings. The second-order valence-corrected chi connectivity index (χ2v) is 5.27. The number of hydrogen-bond donors (Lipinski definition) is 1. The van der Waals surface area contributed by atoms with E-state index in [-0.39, 0.29) is 11.6 Å². The van der Waals surface area contributed by atoms with Gasteiger partial charge in [-0.1, -0.05) is 11.3 Å². The maximum Gasteiger partial charge on any atom is 0.274 e. The van der Waals surface area contributed by atoms with E-state index in [2.05, 4.69) is 10.3 Å². The first kappa shape index (κ1) is 11.8. The van der Waals surface area contributed by atoms with Crippen LogP contribution in [0.2, 0.25) is 0 Å². The van der Waals surface area contributed by atoms with Crippen molar-refractivity contribution in [1.29, 1.82) is 0 Å². The Morgan fingerprint density at radius 3 is 2.83 bits per heavy atom. The molecule has 0 saturated carbocycles. The van der Waals surface area contributed by atoms with Crippen LogP contribution in [0.3, 0.4) is 0 Å². The van der Waals surface area contributed by atoms with Gasteiger partial charge in [0.05, 0.1) is 4.70 Å². The molecule has 1 aliphatic heterocycles. The molecule has 0 unspecified atom stereocenters. The molecule has 3 rings (SSSR count). The van der Waals surface area contributed by atoms with Gasteiger partial charge in [-0.05, 0) is 32.0 Å². The molecule has 1 aliphatic rings. The van der Waals surface area contributed by atoms with Gasteiger partial charge in [-0.2, -0.15) is 4.98 Å². The smallest absolute Gasteiger partial charge is 0.274 e. The van der Waals surface area contributed by atoms with Gasteiger partial charge in [-0.3, -0.25) is 0 Å². The molecule has 2 heterocycles. The normalized spacial score (nSPS) is 17.2. The summed E-state index contributed by atoms with van der Waals surface area (Å²) in [4.78, 5) is 4.08. The number of nitrogens with zero attached hydrogens (tertiary/aromatic N) is 1. The Labute approximate surface area is 107 Å². The second-order valence-electron chi connectivity index (χ2n) is 4.28. The number of thiazole rings is 1. The lowest BCUT2D eigenvalue weighted by Crippen LogP contribution is -2.34. The van der Waals surface area contributed by atoms with E-state index < -0.39 is 11.6 Å². The third-order valence-corrected chi connectivity index (χ3v) is 3.84. The van der Waals surface area contributed by atoms with E-state index in [1.165, 1.54) is 17.4 Å². The first-order valence-corrected chi connectivity index (χ1v) is 6.67. The van der Waals surface area contributed by atoms with Crippen molar-refractivity contribution in [3.63, 3.8) is 0 Å². The van der Waals surface area contributed by atoms with Gasteiger partial charge in [-0.15, -0.1) is 0 Å². The van der Waals surface area contributed by atoms with Gasteiger partial charge in [0.2, 0.25) is 0 Å². The third kappa shape index (κ3) is 2.30. The van der Waals surface area contributed by atoms with Gasteiger partial charge in [0.25, 0.3) is 5.19 Å². The van der Waals surface area contributed by atoms with E-state index in [0.29, 0.717) is 9.89 Å². The van der Waals surface area contributed by atoms with Gasteiger partial charge in [0.1, 0.15) is 17.4 Å². The minimum atomic E-state index is -0.638. The van der Waals surface area contributed by atoms with Crippen LogP contribution in [0, 0.1) is 11.6 Å². The van der Waals surface area contributed by atoms with Gasteiger partial charge in [-0.25, -0.2) is 8.78 Å². The van der Waals surface area contributed by atoms with E-state index in [0.717, 1.165) is 32.0 Å². The summed E-state index contributed by atoms with van der Waals surface area (Å²) in [5, 5.41) is 3.66. The third-order valence-electron chi connectivity index (χ3n) is 2.95. The standard InChI is InChI=1S/C12H12F2N2OS/c13-7-5-9(14)11-10(6-7)18-12(16-11)17-8-1-3-15-4-2-8/h5-6,8,15H,1-4H2. The van der Waals surface area contributed by atoms with Crippen molar-refractivity contribution in [3.8, 4) is 5.19 Å². The van der Waals surface area contributed by atoms with Crippen molar-refractivity contribution in [2.24, 2.45) is 0 Å². The van der Waals surface area contributed by atoms with Crippen LogP contribution in [0.25, 0.3) is 10.2 Å². The van der Waals surface area contributed by atoms with Crippen molar-refractivity contribution in [2.45, 2.75) is 18.9 Å². The zero-order valence-corrected chi connectivity index (χ0v) is 10.4. The molecular formula is C12H12F2N2OS. The van der Waals surface area contributed by atoms with E-state index in [9.17, 15) is 8.78 Å². The highest BCUT2D eigenvalue weighted by molar-refractivity contribution is 7.20. The van der Waals surface area contributed by atoms with Gasteiger partial charge in [0.15, 0.2) is 5.82 Å². The highest BCUT2D eigenvalue weighted by atomic mass is 32.1. The van der Waals surface area contributed by atoms with Crippen molar-refractivity contribution < 1.29 is 13.5 Å². The van der Waals surface area contributed by atoms with Crippen molar-refractivity contribution in [3.05, 3.63) is 23.8 Å². The van der Waals surface area contributed by atoms with Crippen LogP contribution in [-0.4, -0.2) is 24.2 Å². The fraction of sp³-hybridized carbons (Fsp3) is 0.417. The first-order valence-electron chi connectivity index (χ1n) is 5.85. The number of nitrogens with one attached hydrogen (secondary N) is 1. The molecule has 18 heavy (non-hydrogen) atoms. The van der Waals surface area contributed by atoms with Gasteiger partial charge in [0, 0.05) is 6.07 Å². The molecule has 1 aromatic heterocycles. The summed E-state index contributed by atoms with van der Waals surface area (Å²) >= 11 is 1.19. The van der Waals surface area contributed by atoms with Crippen LogP contribution >= 0.6 is 11.3 Å². The first-order chi connectivity index (χ1) is 8.72. The molecule has 0 radical (unpaired) electrons. The molecule has 1 fully saturated rings. The summed E-state index contributed by atoms with van der Waals surface area (Å²) in [6, 6.07) is 2.13. The molecule has 0 aliphatic carbocycles. The average molecular weight is 270 g/mol.